The Morgan fingerprint density at radius 3 is 2.38 bits per heavy atom. The van der Waals surface area contributed by atoms with Gasteiger partial charge in [0, 0.05) is 16.4 Å². The summed E-state index contributed by atoms with van der Waals surface area (Å²) in [6.07, 6.45) is 2.86. The van der Waals surface area contributed by atoms with Crippen LogP contribution in [-0.2, 0) is 9.59 Å². The van der Waals surface area contributed by atoms with Gasteiger partial charge >= 0.3 is 0 Å². The molecule has 1 aromatic carbocycles. The summed E-state index contributed by atoms with van der Waals surface area (Å²) in [5.41, 5.74) is 1.32. The fourth-order valence-electron chi connectivity index (χ4n) is 4.70. The molecule has 3 nitrogen and oxygen atoms in total. The van der Waals surface area contributed by atoms with Crippen LogP contribution >= 0.6 is 0 Å². The lowest BCUT2D eigenvalue weighted by Crippen LogP contribution is -2.55. The van der Waals surface area contributed by atoms with Crippen molar-refractivity contribution in [2.45, 2.75) is 46.1 Å². The van der Waals surface area contributed by atoms with E-state index in [1.165, 1.54) is 6.08 Å². The van der Waals surface area contributed by atoms with E-state index in [4.69, 9.17) is 0 Å². The molecule has 2 unspecified atom stereocenters. The monoisotopic (exact) mass is 323 g/mol. The normalized spacial score (nSPS) is 32.6. The fraction of sp³-hybridized carbons (Fsp3) is 0.429. The fourth-order valence-corrected chi connectivity index (χ4v) is 4.70. The van der Waals surface area contributed by atoms with Gasteiger partial charge in [-0.25, -0.2) is 0 Å². The number of fused-ring (bicyclic) bond motifs is 2. The Balaban J connectivity index is 2.27. The zero-order valence-electron chi connectivity index (χ0n) is 14.9. The Bertz CT molecular complexity index is 759. The van der Waals surface area contributed by atoms with Crippen LogP contribution in [0.5, 0.6) is 0 Å². The van der Waals surface area contributed by atoms with Gasteiger partial charge < -0.3 is 5.32 Å². The van der Waals surface area contributed by atoms with Crippen molar-refractivity contribution in [3.8, 4) is 0 Å². The Morgan fingerprint density at radius 1 is 1.17 bits per heavy atom. The average molecular weight is 323 g/mol. The minimum Gasteiger partial charge on any atom is -0.342 e. The summed E-state index contributed by atoms with van der Waals surface area (Å²) < 4.78 is 0. The third-order valence-corrected chi connectivity index (χ3v) is 6.71. The number of carbonyl (C=O) groups excluding carboxylic acids is 2. The van der Waals surface area contributed by atoms with E-state index in [1.807, 2.05) is 44.2 Å². The van der Waals surface area contributed by atoms with Gasteiger partial charge in [-0.2, -0.15) is 0 Å². The Morgan fingerprint density at radius 2 is 1.79 bits per heavy atom. The van der Waals surface area contributed by atoms with E-state index in [1.54, 1.807) is 0 Å². The van der Waals surface area contributed by atoms with Gasteiger partial charge in [-0.15, -0.1) is 0 Å². The minimum atomic E-state index is -0.635. The SMILES string of the molecule is C=CC(=O)NC12CCC(C)(C(=O)C1=C(C)c1ccccc1)C2(C)C. The van der Waals surface area contributed by atoms with E-state index >= 15 is 0 Å². The molecule has 1 N–H and O–H groups in total. The highest BCUT2D eigenvalue weighted by molar-refractivity contribution is 6.13. The second kappa shape index (κ2) is 5.17. The van der Waals surface area contributed by atoms with Crippen LogP contribution in [0.25, 0.3) is 5.57 Å². The highest BCUT2D eigenvalue weighted by Crippen LogP contribution is 2.68. The van der Waals surface area contributed by atoms with Crippen LogP contribution in [0.1, 0.15) is 46.1 Å². The quantitative estimate of drug-likeness (QED) is 0.857. The lowest BCUT2D eigenvalue weighted by Gasteiger charge is -2.41. The van der Waals surface area contributed by atoms with E-state index in [-0.39, 0.29) is 17.1 Å². The summed E-state index contributed by atoms with van der Waals surface area (Å²) in [6, 6.07) is 9.93. The molecule has 2 aliphatic carbocycles. The summed E-state index contributed by atoms with van der Waals surface area (Å²) in [4.78, 5) is 25.5. The number of Topliss-reactive ketones (excluding diaryl/α,β-unsaturated/α-hetero) is 1. The Hall–Kier alpha value is -2.16. The zero-order valence-corrected chi connectivity index (χ0v) is 14.9. The van der Waals surface area contributed by atoms with Crippen LogP contribution in [0, 0.1) is 10.8 Å². The number of rotatable bonds is 3. The van der Waals surface area contributed by atoms with Gasteiger partial charge in [0.05, 0.1) is 5.54 Å². The van der Waals surface area contributed by atoms with Crippen LogP contribution in [0.2, 0.25) is 0 Å². The van der Waals surface area contributed by atoms with Crippen molar-refractivity contribution in [3.05, 3.63) is 54.1 Å². The number of hydrogen-bond donors (Lipinski definition) is 1. The maximum Gasteiger partial charge on any atom is 0.244 e. The first kappa shape index (κ1) is 16.7. The molecule has 0 spiro atoms. The number of hydrogen-bond acceptors (Lipinski definition) is 2. The maximum absolute atomic E-state index is 13.4. The first-order valence-electron chi connectivity index (χ1n) is 8.47. The summed E-state index contributed by atoms with van der Waals surface area (Å²) in [7, 11) is 0. The predicted octanol–water partition coefficient (Wildman–Crippen LogP) is 3.91. The van der Waals surface area contributed by atoms with Gasteiger partial charge in [0.15, 0.2) is 5.78 Å². The molecule has 1 aromatic rings. The van der Waals surface area contributed by atoms with E-state index < -0.39 is 11.0 Å². The summed E-state index contributed by atoms with van der Waals surface area (Å²) in [5, 5.41) is 3.14. The molecule has 2 atom stereocenters. The molecule has 2 aliphatic rings. The summed E-state index contributed by atoms with van der Waals surface area (Å²) in [5.74, 6) is -0.0511. The second-order valence-electron chi connectivity index (χ2n) is 7.75. The van der Waals surface area contributed by atoms with E-state index in [2.05, 4.69) is 25.7 Å². The highest BCUT2D eigenvalue weighted by atomic mass is 16.2. The number of amides is 1. The second-order valence-corrected chi connectivity index (χ2v) is 7.75. The molecule has 0 aliphatic heterocycles. The van der Waals surface area contributed by atoms with Crippen LogP contribution in [-0.4, -0.2) is 17.2 Å². The number of benzene rings is 1. The minimum absolute atomic E-state index is 0.171. The van der Waals surface area contributed by atoms with Crippen molar-refractivity contribution >= 4 is 17.3 Å². The first-order chi connectivity index (χ1) is 11.2. The van der Waals surface area contributed by atoms with Crippen LogP contribution < -0.4 is 5.32 Å². The van der Waals surface area contributed by atoms with E-state index in [0.29, 0.717) is 0 Å². The molecule has 0 saturated heterocycles. The molecule has 0 radical (unpaired) electrons. The van der Waals surface area contributed by atoms with Gasteiger partial charge in [-0.3, -0.25) is 9.59 Å². The van der Waals surface area contributed by atoms with Crippen molar-refractivity contribution < 1.29 is 9.59 Å². The molecule has 126 valence electrons. The lowest BCUT2D eigenvalue weighted by molar-refractivity contribution is -0.125. The third kappa shape index (κ3) is 1.84. The van der Waals surface area contributed by atoms with E-state index in [0.717, 1.165) is 29.6 Å². The number of nitrogens with one attached hydrogen (secondary N) is 1. The van der Waals surface area contributed by atoms with Gasteiger partial charge in [0.2, 0.25) is 5.91 Å². The number of ketones is 1. The topological polar surface area (TPSA) is 46.2 Å². The molecule has 2 saturated carbocycles. The molecular formula is C21H25NO2. The van der Waals surface area contributed by atoms with Crippen molar-refractivity contribution in [2.24, 2.45) is 10.8 Å². The van der Waals surface area contributed by atoms with Gasteiger partial charge in [0.1, 0.15) is 0 Å². The molecule has 0 heterocycles. The van der Waals surface area contributed by atoms with Crippen molar-refractivity contribution in [2.75, 3.05) is 0 Å². The van der Waals surface area contributed by atoms with E-state index in [9.17, 15) is 9.59 Å². The Kier molecular flexibility index (Phi) is 3.59. The van der Waals surface area contributed by atoms with Gasteiger partial charge in [-0.1, -0.05) is 57.7 Å². The molecule has 0 aromatic heterocycles. The number of allylic oxidation sites excluding steroid dienone is 1. The standard InChI is InChI=1S/C21H25NO2/c1-6-16(23)22-21-13-12-20(5,19(21,3)4)18(24)17(21)14(2)15-10-8-7-9-11-15/h6-11H,1,12-13H2,2-5H3,(H,22,23). The smallest absolute Gasteiger partial charge is 0.244 e. The predicted molar refractivity (Wildman–Crippen MR) is 96.2 cm³/mol. The molecule has 3 heteroatoms. The lowest BCUT2D eigenvalue weighted by atomic mass is 9.68. The van der Waals surface area contributed by atoms with Crippen molar-refractivity contribution in [1.29, 1.82) is 0 Å². The van der Waals surface area contributed by atoms with Crippen LogP contribution in [0.15, 0.2) is 48.6 Å². The molecule has 2 bridgehead atoms. The Labute approximate surface area is 143 Å². The summed E-state index contributed by atoms with van der Waals surface area (Å²) in [6.45, 7) is 11.8. The average Bonchev–Trinajstić information content (AvgIpc) is 2.83. The maximum atomic E-state index is 13.4. The van der Waals surface area contributed by atoms with Gasteiger partial charge in [0.25, 0.3) is 0 Å². The molecule has 1 amide bonds. The molecule has 24 heavy (non-hydrogen) atoms. The molecule has 3 rings (SSSR count). The van der Waals surface area contributed by atoms with Crippen molar-refractivity contribution in [3.63, 3.8) is 0 Å². The molecular weight excluding hydrogens is 298 g/mol. The summed E-state index contributed by atoms with van der Waals surface area (Å²) >= 11 is 0. The largest absolute Gasteiger partial charge is 0.342 e. The van der Waals surface area contributed by atoms with Gasteiger partial charge in [-0.05, 0) is 37.0 Å². The van der Waals surface area contributed by atoms with Crippen molar-refractivity contribution in [1.82, 2.24) is 5.32 Å². The van der Waals surface area contributed by atoms with Crippen LogP contribution in [0.3, 0.4) is 0 Å². The molecule has 2 fully saturated rings. The highest BCUT2D eigenvalue weighted by Gasteiger charge is 2.73. The zero-order chi connectivity index (χ0) is 17.8. The first-order valence-corrected chi connectivity index (χ1v) is 8.47. The van der Waals surface area contributed by atoms with Crippen LogP contribution in [0.4, 0.5) is 0 Å². The third-order valence-electron chi connectivity index (χ3n) is 6.71. The number of carbonyl (C=O) groups is 2.